The molecular formula is C14H19NO3. The highest BCUT2D eigenvalue weighted by Crippen LogP contribution is 2.33. The second-order valence-electron chi connectivity index (χ2n) is 3.54. The van der Waals surface area contributed by atoms with Gasteiger partial charge in [-0.15, -0.1) is 5.92 Å². The van der Waals surface area contributed by atoms with Crippen LogP contribution in [-0.2, 0) is 6.54 Å². The molecule has 0 aliphatic heterocycles. The Morgan fingerprint density at radius 2 is 1.67 bits per heavy atom. The third-order valence-electron chi connectivity index (χ3n) is 2.51. The maximum Gasteiger partial charge on any atom is 0.130 e. The van der Waals surface area contributed by atoms with E-state index in [-0.39, 0.29) is 0 Å². The summed E-state index contributed by atoms with van der Waals surface area (Å²) >= 11 is 0. The molecule has 0 saturated heterocycles. The minimum absolute atomic E-state index is 0.630. The predicted molar refractivity (Wildman–Crippen MR) is 71.3 cm³/mol. The molecule has 0 unspecified atom stereocenters. The molecular weight excluding hydrogens is 230 g/mol. The maximum absolute atomic E-state index is 5.35. The molecule has 1 N–H and O–H groups in total. The van der Waals surface area contributed by atoms with Crippen LogP contribution in [0.2, 0.25) is 0 Å². The Morgan fingerprint density at radius 1 is 1.06 bits per heavy atom. The Labute approximate surface area is 108 Å². The van der Waals surface area contributed by atoms with Gasteiger partial charge in [-0.1, -0.05) is 5.92 Å². The van der Waals surface area contributed by atoms with Crippen LogP contribution in [0.15, 0.2) is 12.1 Å². The van der Waals surface area contributed by atoms with Gasteiger partial charge in [-0.3, -0.25) is 0 Å². The number of rotatable bonds is 6. The topological polar surface area (TPSA) is 39.7 Å². The summed E-state index contributed by atoms with van der Waals surface area (Å²) < 4.78 is 15.9. The molecule has 4 heteroatoms. The van der Waals surface area contributed by atoms with Gasteiger partial charge >= 0.3 is 0 Å². The van der Waals surface area contributed by atoms with Crippen molar-refractivity contribution < 1.29 is 14.2 Å². The molecule has 1 aromatic rings. The third kappa shape index (κ3) is 3.57. The molecule has 0 aliphatic carbocycles. The normalized spacial score (nSPS) is 9.33. The first kappa shape index (κ1) is 14.2. The summed E-state index contributed by atoms with van der Waals surface area (Å²) in [6.45, 7) is 3.08. The van der Waals surface area contributed by atoms with E-state index in [1.165, 1.54) is 0 Å². The van der Waals surface area contributed by atoms with Crippen LogP contribution >= 0.6 is 0 Å². The van der Waals surface area contributed by atoms with Crippen LogP contribution in [-0.4, -0.2) is 27.9 Å². The summed E-state index contributed by atoms with van der Waals surface area (Å²) in [6, 6.07) is 3.68. The average Bonchev–Trinajstić information content (AvgIpc) is 2.42. The van der Waals surface area contributed by atoms with E-state index in [1.54, 1.807) is 21.3 Å². The lowest BCUT2D eigenvalue weighted by molar-refractivity contribution is 0.367. The van der Waals surface area contributed by atoms with Crippen LogP contribution in [0.4, 0.5) is 0 Å². The molecule has 0 saturated carbocycles. The zero-order valence-electron chi connectivity index (χ0n) is 11.3. The molecule has 0 aliphatic rings. The first-order chi connectivity index (χ1) is 8.76. The van der Waals surface area contributed by atoms with Crippen molar-refractivity contribution in [3.05, 3.63) is 17.7 Å². The molecule has 4 nitrogen and oxygen atoms in total. The fraction of sp³-hybridized carbons (Fsp3) is 0.429. The van der Waals surface area contributed by atoms with Gasteiger partial charge in [0.25, 0.3) is 0 Å². The van der Waals surface area contributed by atoms with E-state index in [0.717, 1.165) is 17.1 Å². The average molecular weight is 249 g/mol. The Hall–Kier alpha value is -1.86. The van der Waals surface area contributed by atoms with Gasteiger partial charge in [0.05, 0.1) is 33.4 Å². The summed E-state index contributed by atoms with van der Waals surface area (Å²) in [5.41, 5.74) is 0.957. The van der Waals surface area contributed by atoms with Crippen LogP contribution in [0.25, 0.3) is 0 Å². The van der Waals surface area contributed by atoms with E-state index in [4.69, 9.17) is 14.2 Å². The van der Waals surface area contributed by atoms with Crippen molar-refractivity contribution in [3.63, 3.8) is 0 Å². The molecule has 0 bridgehead atoms. The van der Waals surface area contributed by atoms with Gasteiger partial charge in [0.15, 0.2) is 0 Å². The molecule has 0 aromatic heterocycles. The Bertz CT molecular complexity index is 421. The van der Waals surface area contributed by atoms with Crippen LogP contribution in [0.3, 0.4) is 0 Å². The fourth-order valence-corrected chi connectivity index (χ4v) is 1.59. The van der Waals surface area contributed by atoms with Crippen LogP contribution < -0.4 is 19.5 Å². The largest absolute Gasteiger partial charge is 0.496 e. The van der Waals surface area contributed by atoms with E-state index in [2.05, 4.69) is 17.2 Å². The number of methoxy groups -OCH3 is 3. The Balaban J connectivity index is 2.94. The smallest absolute Gasteiger partial charge is 0.130 e. The van der Waals surface area contributed by atoms with Crippen molar-refractivity contribution in [1.82, 2.24) is 5.32 Å². The SMILES string of the molecule is CC#CCNCc1c(OC)cc(OC)cc1OC. The van der Waals surface area contributed by atoms with Gasteiger partial charge in [0, 0.05) is 18.7 Å². The van der Waals surface area contributed by atoms with E-state index < -0.39 is 0 Å². The molecule has 0 heterocycles. The molecule has 1 rings (SSSR count). The standard InChI is InChI=1S/C14H19NO3/c1-5-6-7-15-10-12-13(17-3)8-11(16-2)9-14(12)18-4/h8-9,15H,7,10H2,1-4H3. The highest BCUT2D eigenvalue weighted by Gasteiger charge is 2.12. The van der Waals surface area contributed by atoms with Crippen molar-refractivity contribution in [2.24, 2.45) is 0 Å². The number of ether oxygens (including phenoxy) is 3. The fourth-order valence-electron chi connectivity index (χ4n) is 1.59. The van der Waals surface area contributed by atoms with Gasteiger partial charge in [0.2, 0.25) is 0 Å². The molecule has 18 heavy (non-hydrogen) atoms. The molecule has 98 valence electrons. The number of hydrogen-bond donors (Lipinski definition) is 1. The zero-order chi connectivity index (χ0) is 13.4. The van der Waals surface area contributed by atoms with E-state index in [1.807, 2.05) is 19.1 Å². The van der Waals surface area contributed by atoms with Crippen LogP contribution in [0, 0.1) is 11.8 Å². The van der Waals surface area contributed by atoms with Crippen molar-refractivity contribution in [1.29, 1.82) is 0 Å². The number of hydrogen-bond acceptors (Lipinski definition) is 4. The first-order valence-electron chi connectivity index (χ1n) is 5.66. The first-order valence-corrected chi connectivity index (χ1v) is 5.66. The lowest BCUT2D eigenvalue weighted by Crippen LogP contribution is -2.14. The molecule has 0 spiro atoms. The molecule has 0 amide bonds. The zero-order valence-corrected chi connectivity index (χ0v) is 11.3. The lowest BCUT2D eigenvalue weighted by atomic mass is 10.1. The van der Waals surface area contributed by atoms with Gasteiger partial charge in [-0.25, -0.2) is 0 Å². The second-order valence-corrected chi connectivity index (χ2v) is 3.54. The van der Waals surface area contributed by atoms with Gasteiger partial charge < -0.3 is 19.5 Å². The minimum atomic E-state index is 0.630. The summed E-state index contributed by atoms with van der Waals surface area (Å²) in [5.74, 6) is 7.97. The maximum atomic E-state index is 5.35. The summed E-state index contributed by atoms with van der Waals surface area (Å²) in [4.78, 5) is 0. The lowest BCUT2D eigenvalue weighted by Gasteiger charge is -2.15. The van der Waals surface area contributed by atoms with Crippen molar-refractivity contribution in [2.75, 3.05) is 27.9 Å². The third-order valence-corrected chi connectivity index (χ3v) is 2.51. The number of nitrogens with one attached hydrogen (secondary N) is 1. The summed E-state index contributed by atoms with van der Waals surface area (Å²) in [7, 11) is 4.87. The minimum Gasteiger partial charge on any atom is -0.496 e. The van der Waals surface area contributed by atoms with Crippen molar-refractivity contribution >= 4 is 0 Å². The van der Waals surface area contributed by atoms with Crippen LogP contribution in [0.1, 0.15) is 12.5 Å². The van der Waals surface area contributed by atoms with Crippen LogP contribution in [0.5, 0.6) is 17.2 Å². The van der Waals surface area contributed by atoms with Crippen molar-refractivity contribution in [2.45, 2.75) is 13.5 Å². The summed E-state index contributed by atoms with van der Waals surface area (Å²) in [6.07, 6.45) is 0. The number of benzene rings is 1. The highest BCUT2D eigenvalue weighted by atomic mass is 16.5. The molecule has 0 radical (unpaired) electrons. The highest BCUT2D eigenvalue weighted by molar-refractivity contribution is 5.50. The Kier molecular flexibility index (Phi) is 5.89. The molecule has 1 aromatic carbocycles. The van der Waals surface area contributed by atoms with Gasteiger partial charge in [0.1, 0.15) is 17.2 Å². The van der Waals surface area contributed by atoms with E-state index in [9.17, 15) is 0 Å². The molecule has 0 atom stereocenters. The molecule has 0 fully saturated rings. The van der Waals surface area contributed by atoms with E-state index in [0.29, 0.717) is 18.8 Å². The van der Waals surface area contributed by atoms with Crippen molar-refractivity contribution in [3.8, 4) is 29.1 Å². The van der Waals surface area contributed by atoms with E-state index >= 15 is 0 Å². The quantitative estimate of drug-likeness (QED) is 0.616. The Morgan fingerprint density at radius 3 is 2.11 bits per heavy atom. The summed E-state index contributed by atoms with van der Waals surface area (Å²) in [5, 5.41) is 3.22. The second kappa shape index (κ2) is 7.46. The van der Waals surface area contributed by atoms with Gasteiger partial charge in [-0.2, -0.15) is 0 Å². The monoisotopic (exact) mass is 249 g/mol. The van der Waals surface area contributed by atoms with Gasteiger partial charge in [-0.05, 0) is 6.92 Å². The predicted octanol–water partition coefficient (Wildman–Crippen LogP) is 1.83.